The molecular formula is C52H40BrF6NO2S3. The molecule has 0 saturated heterocycles. The smallest absolute Gasteiger partial charge is 0.273 e. The van der Waals surface area contributed by atoms with Crippen molar-refractivity contribution in [3.63, 3.8) is 0 Å². The minimum atomic E-state index is -4.35. The lowest BCUT2D eigenvalue weighted by atomic mass is 9.94. The molecule has 3 nitrogen and oxygen atoms in total. The molecule has 2 aliphatic heterocycles. The molecule has 2 aliphatic rings. The Morgan fingerprint density at radius 1 is 0.585 bits per heavy atom. The van der Waals surface area contributed by atoms with E-state index in [-0.39, 0.29) is 5.88 Å². The average molecular weight is 1000 g/mol. The zero-order valence-corrected chi connectivity index (χ0v) is 39.0. The second-order valence-electron chi connectivity index (χ2n) is 15.3. The maximum atomic E-state index is 13.0. The highest BCUT2D eigenvalue weighted by atomic mass is 79.9. The van der Waals surface area contributed by atoms with E-state index in [1.54, 1.807) is 47.8 Å². The molecule has 0 unspecified atom stereocenters. The van der Waals surface area contributed by atoms with Crippen LogP contribution in [0.1, 0.15) is 62.6 Å². The number of rotatable bonds is 6. The number of aliphatic imine (C=N–C) groups is 1. The van der Waals surface area contributed by atoms with Crippen LogP contribution >= 0.6 is 39.5 Å². The molecule has 13 heteroatoms. The van der Waals surface area contributed by atoms with Gasteiger partial charge in [0.15, 0.2) is 9.84 Å². The van der Waals surface area contributed by atoms with E-state index < -0.39 is 33.3 Å². The highest BCUT2D eigenvalue weighted by Crippen LogP contribution is 2.42. The first-order valence-corrected chi connectivity index (χ1v) is 24.2. The molecule has 65 heavy (non-hydrogen) atoms. The number of alkyl halides is 6. The zero-order chi connectivity index (χ0) is 46.5. The summed E-state index contributed by atoms with van der Waals surface area (Å²) in [5, 5.41) is 0. The first kappa shape index (κ1) is 47.6. The molecule has 2 heterocycles. The Morgan fingerprint density at radius 3 is 1.60 bits per heavy atom. The van der Waals surface area contributed by atoms with Gasteiger partial charge in [-0.1, -0.05) is 130 Å². The van der Waals surface area contributed by atoms with Gasteiger partial charge < -0.3 is 0 Å². The minimum Gasteiger partial charge on any atom is -0.273 e. The highest BCUT2D eigenvalue weighted by Gasteiger charge is 2.31. The van der Waals surface area contributed by atoms with E-state index in [1.807, 2.05) is 62.4 Å². The number of halogens is 7. The van der Waals surface area contributed by atoms with E-state index in [0.717, 1.165) is 59.5 Å². The lowest BCUT2D eigenvalue weighted by molar-refractivity contribution is -0.138. The van der Waals surface area contributed by atoms with Gasteiger partial charge >= 0.3 is 12.4 Å². The van der Waals surface area contributed by atoms with E-state index in [2.05, 4.69) is 76.0 Å². The molecule has 0 radical (unpaired) electrons. The first-order chi connectivity index (χ1) is 30.8. The van der Waals surface area contributed by atoms with Crippen LogP contribution < -0.4 is 0 Å². The van der Waals surface area contributed by atoms with Crippen LogP contribution in [0, 0.1) is 6.92 Å². The van der Waals surface area contributed by atoms with E-state index in [0.29, 0.717) is 20.5 Å². The largest absolute Gasteiger partial charge is 0.416 e. The first-order valence-electron chi connectivity index (χ1n) is 20.1. The number of hydrogen-bond acceptors (Lipinski definition) is 5. The van der Waals surface area contributed by atoms with Crippen molar-refractivity contribution >= 4 is 60.6 Å². The van der Waals surface area contributed by atoms with Crippen LogP contribution in [0.15, 0.2) is 198 Å². The van der Waals surface area contributed by atoms with Gasteiger partial charge in [-0.3, -0.25) is 4.99 Å². The summed E-state index contributed by atoms with van der Waals surface area (Å²) >= 11 is 6.46. The number of fused-ring (bicyclic) bond motifs is 4. The second-order valence-corrected chi connectivity index (χ2v) is 20.3. The van der Waals surface area contributed by atoms with Crippen LogP contribution in [0.2, 0.25) is 0 Å². The normalized spacial score (nSPS) is 13.1. The van der Waals surface area contributed by atoms with Crippen LogP contribution in [0.25, 0.3) is 5.57 Å². The van der Waals surface area contributed by atoms with Crippen molar-refractivity contribution in [3.05, 3.63) is 224 Å². The van der Waals surface area contributed by atoms with Gasteiger partial charge in [0.2, 0.25) is 0 Å². The third kappa shape index (κ3) is 12.1. The van der Waals surface area contributed by atoms with Crippen molar-refractivity contribution in [2.24, 2.45) is 4.99 Å². The third-order valence-corrected chi connectivity index (χ3v) is 15.0. The molecule has 0 aliphatic carbocycles. The summed E-state index contributed by atoms with van der Waals surface area (Å²) in [4.78, 5) is 9.69. The van der Waals surface area contributed by atoms with Gasteiger partial charge in [-0.25, -0.2) is 8.42 Å². The molecule has 7 aromatic rings. The van der Waals surface area contributed by atoms with E-state index >= 15 is 0 Å². The Bertz CT molecular complexity index is 3020. The topological polar surface area (TPSA) is 46.5 Å². The monoisotopic (exact) mass is 999 g/mol. The van der Waals surface area contributed by atoms with E-state index in [4.69, 9.17) is 0 Å². The Balaban J connectivity index is 0.000000158. The zero-order valence-electron chi connectivity index (χ0n) is 35.0. The van der Waals surface area contributed by atoms with Gasteiger partial charge in [-0.2, -0.15) is 26.3 Å². The third-order valence-electron chi connectivity index (χ3n) is 10.6. The quantitative estimate of drug-likeness (QED) is 0.123. The molecule has 0 saturated carbocycles. The number of benzene rings is 7. The number of aryl methyl sites for hydroxylation is 1. The Morgan fingerprint density at radius 2 is 1.06 bits per heavy atom. The molecule has 9 rings (SSSR count). The average Bonchev–Trinajstić information content (AvgIpc) is 3.29. The van der Waals surface area contributed by atoms with Crippen LogP contribution in [0.4, 0.5) is 26.3 Å². The standard InChI is InChI=1S/C23H21NO2S2.C22H15F3S.C7H4BrF3/c1-16-7-10-21(11-8-16)28(25,26)15-24-17(2)18-9-12-23-20(13-18)14-19-5-3-4-6-22(19)27-23;1-14(15-6-4-7-19(13-15)22(23,24)25)16-9-10-21-18(11-16)12-17-5-2-3-8-20(17)26-21;8-6-3-1-2-5(4-6)7(9,10)11/h3-13H,14-15H2,1-2H3;2-11,13H,1,12H2;1-4H. The van der Waals surface area contributed by atoms with Crippen LogP contribution in [-0.4, -0.2) is 20.0 Å². The van der Waals surface area contributed by atoms with Gasteiger partial charge in [0, 0.05) is 29.8 Å². The number of nitrogens with zero attached hydrogens (tertiary/aromatic N) is 1. The molecule has 0 aromatic heterocycles. The summed E-state index contributed by atoms with van der Waals surface area (Å²) in [6.45, 7) is 7.84. The van der Waals surface area contributed by atoms with Gasteiger partial charge in [0.1, 0.15) is 5.88 Å². The van der Waals surface area contributed by atoms with Crippen LogP contribution in [0.5, 0.6) is 0 Å². The predicted molar refractivity (Wildman–Crippen MR) is 254 cm³/mol. The highest BCUT2D eigenvalue weighted by molar-refractivity contribution is 9.10. The summed E-state index contributed by atoms with van der Waals surface area (Å²) in [5.41, 5.74) is 8.43. The minimum absolute atomic E-state index is 0.240. The van der Waals surface area contributed by atoms with Crippen molar-refractivity contribution in [1.82, 2.24) is 0 Å². The molecule has 332 valence electrons. The molecule has 0 N–H and O–H groups in total. The molecule has 0 fully saturated rings. The van der Waals surface area contributed by atoms with Crippen molar-refractivity contribution in [3.8, 4) is 0 Å². The fraction of sp³-hybridized carbons (Fsp3) is 0.135. The molecular weight excluding hydrogens is 961 g/mol. The summed E-state index contributed by atoms with van der Waals surface area (Å²) in [6, 6.07) is 46.2. The van der Waals surface area contributed by atoms with Gasteiger partial charge in [0.25, 0.3) is 0 Å². The summed E-state index contributed by atoms with van der Waals surface area (Å²) in [5.74, 6) is -0.240. The van der Waals surface area contributed by atoms with E-state index in [1.165, 1.54) is 54.0 Å². The lowest BCUT2D eigenvalue weighted by Crippen LogP contribution is -2.08. The Kier molecular flexibility index (Phi) is 14.7. The van der Waals surface area contributed by atoms with Crippen molar-refractivity contribution in [1.29, 1.82) is 0 Å². The molecule has 7 aromatic carbocycles. The van der Waals surface area contributed by atoms with Gasteiger partial charge in [0.05, 0.1) is 16.0 Å². The molecule has 0 spiro atoms. The summed E-state index contributed by atoms with van der Waals surface area (Å²) in [7, 11) is -3.43. The predicted octanol–water partition coefficient (Wildman–Crippen LogP) is 15.6. The second kappa shape index (κ2) is 20.0. The number of sulfone groups is 1. The molecule has 0 atom stereocenters. The SMILES string of the molecule is C=C(c1cccc(C(F)(F)F)c1)c1ccc2c(c1)Cc1ccccc1S2.CC(=NCS(=O)(=O)c1ccc(C)cc1)c1ccc2c(c1)Cc1ccccc1S2.FC(F)(F)c1cccc(Br)c1. The van der Waals surface area contributed by atoms with Gasteiger partial charge in [-0.05, 0) is 150 Å². The Hall–Kier alpha value is -5.34. The summed E-state index contributed by atoms with van der Waals surface area (Å²) in [6.07, 6.45) is -6.89. The van der Waals surface area contributed by atoms with Crippen molar-refractivity contribution in [2.75, 3.05) is 5.88 Å². The van der Waals surface area contributed by atoms with E-state index in [9.17, 15) is 34.8 Å². The fourth-order valence-electron chi connectivity index (χ4n) is 7.00. The number of hydrogen-bond donors (Lipinski definition) is 0. The molecule has 0 bridgehead atoms. The molecule has 0 amide bonds. The fourth-order valence-corrected chi connectivity index (χ4v) is 10.6. The summed E-state index contributed by atoms with van der Waals surface area (Å²) < 4.78 is 100. The van der Waals surface area contributed by atoms with Crippen LogP contribution in [0.3, 0.4) is 0 Å². The van der Waals surface area contributed by atoms with Crippen molar-refractivity contribution < 1.29 is 34.8 Å². The van der Waals surface area contributed by atoms with Gasteiger partial charge in [-0.15, -0.1) is 0 Å². The maximum absolute atomic E-state index is 13.0. The lowest BCUT2D eigenvalue weighted by Gasteiger charge is -2.20. The van der Waals surface area contributed by atoms with Crippen molar-refractivity contribution in [2.45, 2.75) is 63.5 Å². The van der Waals surface area contributed by atoms with Crippen LogP contribution in [-0.2, 0) is 35.0 Å². The Labute approximate surface area is 391 Å². The maximum Gasteiger partial charge on any atom is 0.416 e.